The highest BCUT2D eigenvalue weighted by molar-refractivity contribution is 7.80. The van der Waals surface area contributed by atoms with Gasteiger partial charge < -0.3 is 10.2 Å². The van der Waals surface area contributed by atoms with Crippen LogP contribution in [0, 0.1) is 11.6 Å². The van der Waals surface area contributed by atoms with Gasteiger partial charge >= 0.3 is 0 Å². The van der Waals surface area contributed by atoms with Crippen LogP contribution in [-0.2, 0) is 16.0 Å². The van der Waals surface area contributed by atoms with Gasteiger partial charge in [-0.05, 0) is 84.9 Å². The number of rotatable bonds is 7. The number of benzene rings is 3. The molecule has 1 atom stereocenters. The van der Waals surface area contributed by atoms with Crippen molar-refractivity contribution in [3.05, 3.63) is 95.0 Å². The first-order chi connectivity index (χ1) is 16.3. The third kappa shape index (κ3) is 5.40. The van der Waals surface area contributed by atoms with Crippen molar-refractivity contribution in [3.63, 3.8) is 0 Å². The van der Waals surface area contributed by atoms with Gasteiger partial charge in [0.15, 0.2) is 5.11 Å². The summed E-state index contributed by atoms with van der Waals surface area (Å²) in [5.41, 5.74) is 1.84. The fourth-order valence-electron chi connectivity index (χ4n) is 3.74. The van der Waals surface area contributed by atoms with Gasteiger partial charge in [-0.25, -0.2) is 8.78 Å². The van der Waals surface area contributed by atoms with Gasteiger partial charge in [-0.1, -0.05) is 23.7 Å². The number of nitrogens with one attached hydrogen (secondary N) is 1. The molecule has 2 amide bonds. The average molecular weight is 500 g/mol. The molecule has 1 aliphatic rings. The van der Waals surface area contributed by atoms with Crippen molar-refractivity contribution in [3.8, 4) is 0 Å². The Morgan fingerprint density at radius 1 is 0.941 bits per heavy atom. The lowest BCUT2D eigenvalue weighted by Crippen LogP contribution is -2.39. The molecule has 34 heavy (non-hydrogen) atoms. The smallest absolute Gasteiger partial charge is 0.256 e. The normalized spacial score (nSPS) is 15.7. The number of thiocarbonyl (C=S) groups is 1. The van der Waals surface area contributed by atoms with E-state index < -0.39 is 23.6 Å². The topological polar surface area (TPSA) is 52.7 Å². The van der Waals surface area contributed by atoms with Crippen molar-refractivity contribution in [2.45, 2.75) is 18.9 Å². The third-order valence-electron chi connectivity index (χ3n) is 5.46. The lowest BCUT2D eigenvalue weighted by molar-refractivity contribution is -0.124. The van der Waals surface area contributed by atoms with Gasteiger partial charge in [0.05, 0.1) is 12.1 Å². The fourth-order valence-corrected chi connectivity index (χ4v) is 4.28. The summed E-state index contributed by atoms with van der Waals surface area (Å²) in [4.78, 5) is 29.1. The number of anilines is 2. The van der Waals surface area contributed by atoms with Crippen LogP contribution in [0.2, 0.25) is 5.02 Å². The van der Waals surface area contributed by atoms with E-state index in [4.69, 9.17) is 23.8 Å². The number of hydrogen-bond acceptors (Lipinski definition) is 3. The van der Waals surface area contributed by atoms with Crippen LogP contribution in [0.5, 0.6) is 0 Å². The summed E-state index contributed by atoms with van der Waals surface area (Å²) in [7, 11) is 0. The van der Waals surface area contributed by atoms with Crippen LogP contribution in [-0.4, -0.2) is 34.4 Å². The SMILES string of the molecule is O=C(CC1C(=O)N(c2ccc(F)cc2)C(=S)N1CCc1ccc(Cl)cc1)Nc1ccc(F)cc1. The molecule has 174 valence electrons. The first-order valence-electron chi connectivity index (χ1n) is 10.5. The molecule has 0 radical (unpaired) electrons. The van der Waals surface area contributed by atoms with Crippen molar-refractivity contribution in [2.75, 3.05) is 16.8 Å². The van der Waals surface area contributed by atoms with Crippen molar-refractivity contribution < 1.29 is 18.4 Å². The van der Waals surface area contributed by atoms with Crippen LogP contribution in [0.3, 0.4) is 0 Å². The zero-order valence-corrected chi connectivity index (χ0v) is 19.5. The molecule has 5 nitrogen and oxygen atoms in total. The van der Waals surface area contributed by atoms with E-state index in [-0.39, 0.29) is 17.4 Å². The molecule has 1 unspecified atom stereocenters. The van der Waals surface area contributed by atoms with Gasteiger partial charge in [-0.2, -0.15) is 0 Å². The van der Waals surface area contributed by atoms with Crippen LogP contribution in [0.1, 0.15) is 12.0 Å². The Morgan fingerprint density at radius 2 is 1.53 bits per heavy atom. The molecule has 3 aromatic rings. The molecule has 1 N–H and O–H groups in total. The van der Waals surface area contributed by atoms with Gasteiger partial charge in [-0.15, -0.1) is 0 Å². The summed E-state index contributed by atoms with van der Waals surface area (Å²) in [6.45, 7) is 0.387. The number of hydrogen-bond donors (Lipinski definition) is 1. The molecule has 3 aromatic carbocycles. The zero-order valence-electron chi connectivity index (χ0n) is 17.9. The number of carbonyl (C=O) groups excluding carboxylic acids is 2. The van der Waals surface area contributed by atoms with E-state index in [0.29, 0.717) is 29.4 Å². The van der Waals surface area contributed by atoms with E-state index in [1.807, 2.05) is 12.1 Å². The Bertz CT molecular complexity index is 1200. The molecule has 1 heterocycles. The number of nitrogens with zero attached hydrogens (tertiary/aromatic N) is 2. The van der Waals surface area contributed by atoms with Gasteiger partial charge in [0.1, 0.15) is 17.7 Å². The summed E-state index contributed by atoms with van der Waals surface area (Å²) in [5, 5.41) is 3.54. The van der Waals surface area contributed by atoms with E-state index in [1.54, 1.807) is 17.0 Å². The van der Waals surface area contributed by atoms with Crippen LogP contribution >= 0.6 is 23.8 Å². The fraction of sp³-hybridized carbons (Fsp3) is 0.160. The van der Waals surface area contributed by atoms with E-state index in [0.717, 1.165) is 5.56 Å². The standard InChI is InChI=1S/C25H20ClF2N3O2S/c26-17-3-1-16(2-4-17)13-14-30-22(15-23(32)29-20-9-5-18(27)6-10-20)24(33)31(25(30)34)21-11-7-19(28)8-12-21/h1-12,22H,13-15H2,(H,29,32). The Morgan fingerprint density at radius 3 is 2.15 bits per heavy atom. The minimum Gasteiger partial charge on any atom is -0.336 e. The average Bonchev–Trinajstić information content (AvgIpc) is 3.04. The molecule has 1 aliphatic heterocycles. The van der Waals surface area contributed by atoms with Crippen molar-refractivity contribution >= 4 is 52.1 Å². The Kier molecular flexibility index (Phi) is 7.19. The minimum absolute atomic E-state index is 0.158. The maximum atomic E-state index is 13.4. The number of amides is 2. The Labute approximate surface area is 205 Å². The Hall–Kier alpha value is -3.36. The molecule has 0 aromatic heterocycles. The summed E-state index contributed by atoms with van der Waals surface area (Å²) in [6, 6.07) is 17.3. The quantitative estimate of drug-likeness (QED) is 0.454. The molecular weight excluding hydrogens is 480 g/mol. The first-order valence-corrected chi connectivity index (χ1v) is 11.3. The van der Waals surface area contributed by atoms with Crippen molar-refractivity contribution in [2.24, 2.45) is 0 Å². The maximum Gasteiger partial charge on any atom is 0.256 e. The summed E-state index contributed by atoms with van der Waals surface area (Å²) in [6.07, 6.45) is 0.409. The van der Waals surface area contributed by atoms with Gasteiger partial charge in [0.25, 0.3) is 5.91 Å². The highest BCUT2D eigenvalue weighted by atomic mass is 35.5. The molecule has 0 spiro atoms. The van der Waals surface area contributed by atoms with Gasteiger partial charge in [-0.3, -0.25) is 14.5 Å². The number of halogens is 3. The molecule has 1 fully saturated rings. The zero-order chi connectivity index (χ0) is 24.2. The molecule has 0 bridgehead atoms. The van der Waals surface area contributed by atoms with Crippen LogP contribution in [0.25, 0.3) is 0 Å². The molecule has 0 aliphatic carbocycles. The maximum absolute atomic E-state index is 13.4. The summed E-state index contributed by atoms with van der Waals surface area (Å²) in [5.74, 6) is -1.64. The van der Waals surface area contributed by atoms with E-state index in [2.05, 4.69) is 5.32 Å². The second-order valence-corrected chi connectivity index (χ2v) is 8.58. The van der Waals surface area contributed by atoms with E-state index >= 15 is 0 Å². The lowest BCUT2D eigenvalue weighted by Gasteiger charge is -2.24. The summed E-state index contributed by atoms with van der Waals surface area (Å²) >= 11 is 11.6. The summed E-state index contributed by atoms with van der Waals surface area (Å²) < 4.78 is 26.6. The Balaban J connectivity index is 1.55. The highest BCUT2D eigenvalue weighted by Crippen LogP contribution is 2.28. The molecular formula is C25H20ClF2N3O2S. The minimum atomic E-state index is -0.842. The number of carbonyl (C=O) groups is 2. The predicted molar refractivity (Wildman–Crippen MR) is 132 cm³/mol. The van der Waals surface area contributed by atoms with Crippen LogP contribution in [0.4, 0.5) is 20.2 Å². The van der Waals surface area contributed by atoms with Crippen LogP contribution in [0.15, 0.2) is 72.8 Å². The molecule has 4 rings (SSSR count). The molecule has 1 saturated heterocycles. The third-order valence-corrected chi connectivity index (χ3v) is 6.13. The van der Waals surface area contributed by atoms with Gasteiger partial charge in [0, 0.05) is 17.3 Å². The largest absolute Gasteiger partial charge is 0.336 e. The molecule has 0 saturated carbocycles. The van der Waals surface area contributed by atoms with E-state index in [1.165, 1.54) is 53.4 Å². The first kappa shape index (κ1) is 23.8. The van der Waals surface area contributed by atoms with Gasteiger partial charge in [0.2, 0.25) is 5.91 Å². The van der Waals surface area contributed by atoms with Crippen molar-refractivity contribution in [1.29, 1.82) is 0 Å². The highest BCUT2D eigenvalue weighted by Gasteiger charge is 2.43. The lowest BCUT2D eigenvalue weighted by atomic mass is 10.1. The van der Waals surface area contributed by atoms with E-state index in [9.17, 15) is 18.4 Å². The van der Waals surface area contributed by atoms with Crippen molar-refractivity contribution in [1.82, 2.24) is 4.90 Å². The monoisotopic (exact) mass is 499 g/mol. The second-order valence-electron chi connectivity index (χ2n) is 7.78. The van der Waals surface area contributed by atoms with Crippen LogP contribution < -0.4 is 10.2 Å². The predicted octanol–water partition coefficient (Wildman–Crippen LogP) is 5.19. The second kappa shape index (κ2) is 10.3. The molecule has 9 heteroatoms.